The quantitative estimate of drug-likeness (QED) is 0.714. The first-order valence-electron chi connectivity index (χ1n) is 6.69. The van der Waals surface area contributed by atoms with Crippen LogP contribution in [0.5, 0.6) is 0 Å². The van der Waals surface area contributed by atoms with Crippen molar-refractivity contribution in [2.75, 3.05) is 0 Å². The predicted molar refractivity (Wildman–Crippen MR) is 82.0 cm³/mol. The van der Waals surface area contributed by atoms with Crippen LogP contribution in [0.15, 0.2) is 57.7 Å². The van der Waals surface area contributed by atoms with Crippen LogP contribution in [-0.2, 0) is 6.42 Å². The molecule has 0 unspecified atom stereocenters. The molecule has 0 atom stereocenters. The lowest BCUT2D eigenvalue weighted by atomic mass is 10.0. The van der Waals surface area contributed by atoms with Gasteiger partial charge in [-0.05, 0) is 24.6 Å². The van der Waals surface area contributed by atoms with Crippen LogP contribution < -0.4 is 5.43 Å². The van der Waals surface area contributed by atoms with Gasteiger partial charge >= 0.3 is 0 Å². The third-order valence-electron chi connectivity index (χ3n) is 3.52. The van der Waals surface area contributed by atoms with Crippen molar-refractivity contribution in [2.24, 2.45) is 0 Å². The molecule has 21 heavy (non-hydrogen) atoms. The maximum absolute atomic E-state index is 12.4. The molecule has 0 aliphatic rings. The summed E-state index contributed by atoms with van der Waals surface area (Å²) in [6.07, 6.45) is 0.376. The molecule has 2 aromatic carbocycles. The molecule has 0 N–H and O–H groups in total. The van der Waals surface area contributed by atoms with Crippen molar-refractivity contribution in [1.29, 1.82) is 5.26 Å². The Morgan fingerprint density at radius 2 is 1.81 bits per heavy atom. The number of nitriles is 1. The molecular weight excluding hydrogens is 262 g/mol. The minimum absolute atomic E-state index is 0.00653. The number of fused-ring (bicyclic) bond motifs is 1. The van der Waals surface area contributed by atoms with Crippen LogP contribution in [0.2, 0.25) is 0 Å². The summed E-state index contributed by atoms with van der Waals surface area (Å²) < 4.78 is 5.89. The molecule has 0 amide bonds. The van der Waals surface area contributed by atoms with Gasteiger partial charge in [0, 0.05) is 11.1 Å². The summed E-state index contributed by atoms with van der Waals surface area (Å²) in [6.45, 7) is 1.77. The van der Waals surface area contributed by atoms with E-state index in [2.05, 4.69) is 6.07 Å². The summed E-state index contributed by atoms with van der Waals surface area (Å²) in [7, 11) is 0. The molecule has 102 valence electrons. The van der Waals surface area contributed by atoms with Gasteiger partial charge in [0.25, 0.3) is 0 Å². The van der Waals surface area contributed by atoms with Gasteiger partial charge in [-0.3, -0.25) is 4.79 Å². The van der Waals surface area contributed by atoms with Crippen LogP contribution in [0.4, 0.5) is 0 Å². The van der Waals surface area contributed by atoms with Gasteiger partial charge in [0.1, 0.15) is 11.3 Å². The molecule has 3 heteroatoms. The average Bonchev–Trinajstić information content (AvgIpc) is 2.52. The first kappa shape index (κ1) is 13.1. The standard InChI is InChI=1S/C18H13NO2/c1-12-17(20)15-4-2-3-5-16(15)21-18(12)14-8-6-13(7-9-14)10-11-19/h2-9H,10H2,1H3. The second kappa shape index (κ2) is 5.26. The Kier molecular flexibility index (Phi) is 3.29. The lowest BCUT2D eigenvalue weighted by Crippen LogP contribution is -2.07. The molecule has 3 aromatic rings. The Morgan fingerprint density at radius 1 is 1.10 bits per heavy atom. The van der Waals surface area contributed by atoms with Crippen LogP contribution in [0.1, 0.15) is 11.1 Å². The first-order chi connectivity index (χ1) is 10.2. The van der Waals surface area contributed by atoms with Crippen molar-refractivity contribution in [2.45, 2.75) is 13.3 Å². The Labute approximate surface area is 122 Å². The van der Waals surface area contributed by atoms with E-state index in [4.69, 9.17) is 9.68 Å². The van der Waals surface area contributed by atoms with Crippen molar-refractivity contribution in [1.82, 2.24) is 0 Å². The van der Waals surface area contributed by atoms with Crippen molar-refractivity contribution in [3.63, 3.8) is 0 Å². The van der Waals surface area contributed by atoms with E-state index in [9.17, 15) is 4.79 Å². The fourth-order valence-electron chi connectivity index (χ4n) is 2.38. The number of hydrogen-bond donors (Lipinski definition) is 0. The molecule has 0 aliphatic carbocycles. The monoisotopic (exact) mass is 275 g/mol. The van der Waals surface area contributed by atoms with Gasteiger partial charge in [-0.2, -0.15) is 5.26 Å². The van der Waals surface area contributed by atoms with Crippen molar-refractivity contribution >= 4 is 11.0 Å². The largest absolute Gasteiger partial charge is 0.456 e. The molecule has 1 heterocycles. The zero-order valence-electron chi connectivity index (χ0n) is 11.6. The highest BCUT2D eigenvalue weighted by Crippen LogP contribution is 2.25. The van der Waals surface area contributed by atoms with Gasteiger partial charge in [0.05, 0.1) is 17.9 Å². The second-order valence-corrected chi connectivity index (χ2v) is 4.91. The Morgan fingerprint density at radius 3 is 2.52 bits per heavy atom. The van der Waals surface area contributed by atoms with E-state index in [-0.39, 0.29) is 5.43 Å². The average molecular weight is 275 g/mol. The molecule has 0 radical (unpaired) electrons. The van der Waals surface area contributed by atoms with Gasteiger partial charge < -0.3 is 4.42 Å². The third-order valence-corrected chi connectivity index (χ3v) is 3.52. The van der Waals surface area contributed by atoms with Gasteiger partial charge in [0.2, 0.25) is 0 Å². The minimum atomic E-state index is -0.00653. The highest BCUT2D eigenvalue weighted by Gasteiger charge is 2.12. The van der Waals surface area contributed by atoms with Crippen molar-refractivity contribution in [3.8, 4) is 17.4 Å². The molecule has 0 bridgehead atoms. The van der Waals surface area contributed by atoms with E-state index < -0.39 is 0 Å². The normalized spacial score (nSPS) is 10.5. The van der Waals surface area contributed by atoms with E-state index in [0.717, 1.165) is 11.1 Å². The molecule has 0 fully saturated rings. The molecule has 0 aliphatic heterocycles. The van der Waals surface area contributed by atoms with Crippen LogP contribution in [0.25, 0.3) is 22.3 Å². The highest BCUT2D eigenvalue weighted by molar-refractivity contribution is 5.80. The highest BCUT2D eigenvalue weighted by atomic mass is 16.3. The number of nitrogens with zero attached hydrogens (tertiary/aromatic N) is 1. The third kappa shape index (κ3) is 2.32. The van der Waals surface area contributed by atoms with Crippen LogP contribution in [0, 0.1) is 18.3 Å². The maximum Gasteiger partial charge on any atom is 0.196 e. The Bertz CT molecular complexity index is 899. The summed E-state index contributed by atoms with van der Waals surface area (Å²) in [5.74, 6) is 0.585. The maximum atomic E-state index is 12.4. The van der Waals surface area contributed by atoms with E-state index in [1.165, 1.54) is 0 Å². The summed E-state index contributed by atoms with van der Waals surface area (Å²) >= 11 is 0. The fraction of sp³-hybridized carbons (Fsp3) is 0.111. The van der Waals surface area contributed by atoms with Gasteiger partial charge in [-0.15, -0.1) is 0 Å². The van der Waals surface area contributed by atoms with Crippen LogP contribution in [-0.4, -0.2) is 0 Å². The minimum Gasteiger partial charge on any atom is -0.456 e. The van der Waals surface area contributed by atoms with Gasteiger partial charge in [0.15, 0.2) is 5.43 Å². The van der Waals surface area contributed by atoms with Gasteiger partial charge in [-0.1, -0.05) is 36.4 Å². The van der Waals surface area contributed by atoms with E-state index in [0.29, 0.717) is 28.7 Å². The summed E-state index contributed by atoms with van der Waals surface area (Å²) in [5, 5.41) is 9.29. The van der Waals surface area contributed by atoms with Crippen molar-refractivity contribution in [3.05, 3.63) is 69.9 Å². The smallest absolute Gasteiger partial charge is 0.196 e. The summed E-state index contributed by atoms with van der Waals surface area (Å²) in [4.78, 5) is 12.4. The van der Waals surface area contributed by atoms with Gasteiger partial charge in [-0.25, -0.2) is 0 Å². The number of hydrogen-bond acceptors (Lipinski definition) is 3. The Balaban J connectivity index is 2.18. The lowest BCUT2D eigenvalue weighted by Gasteiger charge is -2.07. The molecule has 3 nitrogen and oxygen atoms in total. The van der Waals surface area contributed by atoms with E-state index in [1.807, 2.05) is 36.4 Å². The topological polar surface area (TPSA) is 54.0 Å². The Hall–Kier alpha value is -2.86. The predicted octanol–water partition coefficient (Wildman–Crippen LogP) is 3.83. The lowest BCUT2D eigenvalue weighted by molar-refractivity contribution is 0.614. The van der Waals surface area contributed by atoms with Crippen molar-refractivity contribution < 1.29 is 4.42 Å². The molecule has 0 spiro atoms. The first-order valence-corrected chi connectivity index (χ1v) is 6.69. The van der Waals surface area contributed by atoms with E-state index in [1.54, 1.807) is 19.1 Å². The van der Waals surface area contributed by atoms with E-state index >= 15 is 0 Å². The second-order valence-electron chi connectivity index (χ2n) is 4.91. The summed E-state index contributed by atoms with van der Waals surface area (Å²) in [6, 6.07) is 16.9. The zero-order valence-corrected chi connectivity index (χ0v) is 11.6. The summed E-state index contributed by atoms with van der Waals surface area (Å²) in [5.41, 5.74) is 2.97. The molecular formula is C18H13NO2. The SMILES string of the molecule is Cc1c(-c2ccc(CC#N)cc2)oc2ccccc2c1=O. The number of rotatable bonds is 2. The molecule has 0 saturated heterocycles. The molecule has 1 aromatic heterocycles. The molecule has 3 rings (SSSR count). The zero-order chi connectivity index (χ0) is 14.8. The fourth-order valence-corrected chi connectivity index (χ4v) is 2.38. The molecule has 0 saturated carbocycles. The number of benzene rings is 2. The number of para-hydroxylation sites is 1. The van der Waals surface area contributed by atoms with Crippen LogP contribution in [0.3, 0.4) is 0 Å². The van der Waals surface area contributed by atoms with Crippen LogP contribution >= 0.6 is 0 Å².